The van der Waals surface area contributed by atoms with Crippen molar-refractivity contribution in [3.63, 3.8) is 0 Å². The maximum atomic E-state index is 13.9. The summed E-state index contributed by atoms with van der Waals surface area (Å²) in [4.78, 5) is 28.7. The molecule has 1 aromatic heterocycles. The van der Waals surface area contributed by atoms with Crippen molar-refractivity contribution in [2.45, 2.75) is 25.5 Å². The van der Waals surface area contributed by atoms with Crippen LogP contribution >= 0.6 is 0 Å². The summed E-state index contributed by atoms with van der Waals surface area (Å²) in [5.74, 6) is -0.673. The maximum absolute atomic E-state index is 13.9. The van der Waals surface area contributed by atoms with Gasteiger partial charge in [-0.15, -0.1) is 0 Å². The molecule has 0 aliphatic heterocycles. The summed E-state index contributed by atoms with van der Waals surface area (Å²) in [5.41, 5.74) is 3.21. The average Bonchev–Trinajstić information content (AvgIpc) is 3.27. The first kappa shape index (κ1) is 23.0. The molecule has 34 heavy (non-hydrogen) atoms. The molecule has 174 valence electrons. The van der Waals surface area contributed by atoms with Gasteiger partial charge >= 0.3 is 6.09 Å². The van der Waals surface area contributed by atoms with Crippen molar-refractivity contribution in [2.24, 2.45) is 0 Å². The molecule has 4 aromatic rings. The molecular weight excluding hydrogens is 433 g/mol. The number of aromatic amines is 1. The zero-order valence-corrected chi connectivity index (χ0v) is 18.6. The monoisotopic (exact) mass is 459 g/mol. The van der Waals surface area contributed by atoms with Crippen molar-refractivity contribution < 1.29 is 18.7 Å². The van der Waals surface area contributed by atoms with E-state index in [1.807, 2.05) is 60.8 Å². The summed E-state index contributed by atoms with van der Waals surface area (Å²) in [6.45, 7) is 0.340. The zero-order chi connectivity index (χ0) is 23.8. The van der Waals surface area contributed by atoms with E-state index in [0.29, 0.717) is 12.0 Å². The number of benzene rings is 3. The molecule has 0 aliphatic carbocycles. The topological polar surface area (TPSA) is 83.2 Å². The number of H-pyrrole nitrogens is 1. The van der Waals surface area contributed by atoms with Crippen molar-refractivity contribution in [3.05, 3.63) is 108 Å². The molecule has 0 saturated carbocycles. The number of ether oxygens (including phenoxy) is 1. The number of halogens is 1. The van der Waals surface area contributed by atoms with Gasteiger partial charge in [-0.05, 0) is 35.2 Å². The van der Waals surface area contributed by atoms with Gasteiger partial charge in [0.1, 0.15) is 18.5 Å². The molecule has 2 amide bonds. The second-order valence-corrected chi connectivity index (χ2v) is 7.95. The largest absolute Gasteiger partial charge is 0.445 e. The molecule has 0 fully saturated rings. The fraction of sp³-hybridized carbons (Fsp3) is 0.185. The van der Waals surface area contributed by atoms with Gasteiger partial charge in [0.2, 0.25) is 5.91 Å². The Morgan fingerprint density at radius 1 is 0.912 bits per heavy atom. The van der Waals surface area contributed by atoms with Crippen LogP contribution in [0, 0.1) is 5.82 Å². The Morgan fingerprint density at radius 3 is 2.47 bits per heavy atom. The lowest BCUT2D eigenvalue weighted by atomic mass is 10.0. The lowest BCUT2D eigenvalue weighted by Gasteiger charge is -2.18. The Labute approximate surface area is 197 Å². The predicted molar refractivity (Wildman–Crippen MR) is 129 cm³/mol. The number of hydrogen-bond donors (Lipinski definition) is 3. The molecule has 0 unspecified atom stereocenters. The van der Waals surface area contributed by atoms with Gasteiger partial charge in [0.25, 0.3) is 0 Å². The van der Waals surface area contributed by atoms with Crippen molar-refractivity contribution in [2.75, 3.05) is 6.54 Å². The van der Waals surface area contributed by atoms with Crippen LogP contribution in [0.15, 0.2) is 85.1 Å². The highest BCUT2D eigenvalue weighted by Gasteiger charge is 2.23. The van der Waals surface area contributed by atoms with E-state index in [1.165, 1.54) is 6.07 Å². The first-order valence-electron chi connectivity index (χ1n) is 11.1. The molecule has 0 radical (unpaired) electrons. The highest BCUT2D eigenvalue weighted by molar-refractivity contribution is 5.88. The lowest BCUT2D eigenvalue weighted by Crippen LogP contribution is -2.48. The van der Waals surface area contributed by atoms with Crippen LogP contribution in [0.4, 0.5) is 9.18 Å². The summed E-state index contributed by atoms with van der Waals surface area (Å²) in [5, 5.41) is 6.48. The van der Waals surface area contributed by atoms with E-state index in [9.17, 15) is 14.0 Å². The summed E-state index contributed by atoms with van der Waals surface area (Å²) in [6, 6.07) is 22.7. The van der Waals surface area contributed by atoms with Crippen LogP contribution in [0.5, 0.6) is 0 Å². The Morgan fingerprint density at radius 2 is 1.65 bits per heavy atom. The van der Waals surface area contributed by atoms with Crippen molar-refractivity contribution in [3.8, 4) is 0 Å². The van der Waals surface area contributed by atoms with Gasteiger partial charge < -0.3 is 20.4 Å². The first-order chi connectivity index (χ1) is 16.6. The molecule has 3 aromatic carbocycles. The molecule has 6 nitrogen and oxygen atoms in total. The third-order valence-electron chi connectivity index (χ3n) is 5.57. The summed E-state index contributed by atoms with van der Waals surface area (Å²) in [7, 11) is 0. The van der Waals surface area contributed by atoms with Crippen LogP contribution in [0.2, 0.25) is 0 Å². The Bertz CT molecular complexity index is 1260. The Kier molecular flexibility index (Phi) is 7.55. The molecule has 0 bridgehead atoms. The van der Waals surface area contributed by atoms with Gasteiger partial charge in [0.05, 0.1) is 0 Å². The average molecular weight is 460 g/mol. The third kappa shape index (κ3) is 6.01. The number of carbonyl (C=O) groups is 2. The lowest BCUT2D eigenvalue weighted by molar-refractivity contribution is -0.123. The predicted octanol–water partition coefficient (Wildman–Crippen LogP) is 4.50. The maximum Gasteiger partial charge on any atom is 0.408 e. The van der Waals surface area contributed by atoms with Gasteiger partial charge in [-0.1, -0.05) is 66.7 Å². The molecule has 0 saturated heterocycles. The van der Waals surface area contributed by atoms with E-state index in [-0.39, 0.29) is 31.3 Å². The Balaban J connectivity index is 1.42. The second kappa shape index (κ2) is 11.1. The minimum atomic E-state index is -0.858. The SMILES string of the molecule is O=C(N[C@@H](Cc1c[nH]c2ccccc12)C(=O)NCCc1ccccc1F)OCc1ccccc1. The molecule has 0 aliphatic rings. The standard InChI is InChI=1S/C27H26FN3O3/c28-23-12-6-4-10-20(23)14-15-29-26(32)25(16-21-17-30-24-13-7-5-11-22(21)24)31-27(33)34-18-19-8-2-1-3-9-19/h1-13,17,25,30H,14-16,18H2,(H,29,32)(H,31,33)/t25-/m0/s1. The summed E-state index contributed by atoms with van der Waals surface area (Å²) >= 11 is 0. The summed E-state index contributed by atoms with van der Waals surface area (Å²) in [6.07, 6.45) is 1.77. The van der Waals surface area contributed by atoms with E-state index in [0.717, 1.165) is 22.0 Å². The van der Waals surface area contributed by atoms with Crippen LogP contribution in [-0.2, 0) is 29.0 Å². The van der Waals surface area contributed by atoms with Gasteiger partial charge in [0, 0.05) is 30.1 Å². The van der Waals surface area contributed by atoms with E-state index < -0.39 is 12.1 Å². The van der Waals surface area contributed by atoms with Crippen LogP contribution in [-0.4, -0.2) is 29.6 Å². The van der Waals surface area contributed by atoms with E-state index in [1.54, 1.807) is 18.2 Å². The molecule has 3 N–H and O–H groups in total. The second-order valence-electron chi connectivity index (χ2n) is 7.95. The zero-order valence-electron chi connectivity index (χ0n) is 18.6. The quantitative estimate of drug-likeness (QED) is 0.345. The minimum absolute atomic E-state index is 0.0986. The third-order valence-corrected chi connectivity index (χ3v) is 5.57. The van der Waals surface area contributed by atoms with Gasteiger partial charge in [-0.2, -0.15) is 0 Å². The van der Waals surface area contributed by atoms with E-state index >= 15 is 0 Å². The fourth-order valence-electron chi connectivity index (χ4n) is 3.78. The highest BCUT2D eigenvalue weighted by atomic mass is 19.1. The normalized spacial score (nSPS) is 11.7. The van der Waals surface area contributed by atoms with Crippen LogP contribution in [0.3, 0.4) is 0 Å². The van der Waals surface area contributed by atoms with E-state index in [4.69, 9.17) is 4.74 Å². The number of hydrogen-bond acceptors (Lipinski definition) is 3. The van der Waals surface area contributed by atoms with Gasteiger partial charge in [-0.25, -0.2) is 9.18 Å². The number of amides is 2. The summed E-state index contributed by atoms with van der Waals surface area (Å²) < 4.78 is 19.2. The number of fused-ring (bicyclic) bond motifs is 1. The molecule has 4 rings (SSSR count). The van der Waals surface area contributed by atoms with Crippen molar-refractivity contribution in [1.82, 2.24) is 15.6 Å². The van der Waals surface area contributed by atoms with Gasteiger partial charge in [0.15, 0.2) is 0 Å². The number of nitrogens with one attached hydrogen (secondary N) is 3. The van der Waals surface area contributed by atoms with Crippen molar-refractivity contribution >= 4 is 22.9 Å². The number of carbonyl (C=O) groups excluding carboxylic acids is 2. The first-order valence-corrected chi connectivity index (χ1v) is 11.1. The van der Waals surface area contributed by atoms with Crippen LogP contribution in [0.25, 0.3) is 10.9 Å². The minimum Gasteiger partial charge on any atom is -0.445 e. The molecule has 1 heterocycles. The smallest absolute Gasteiger partial charge is 0.408 e. The van der Waals surface area contributed by atoms with E-state index in [2.05, 4.69) is 15.6 Å². The van der Waals surface area contributed by atoms with Crippen LogP contribution < -0.4 is 10.6 Å². The molecule has 1 atom stereocenters. The highest BCUT2D eigenvalue weighted by Crippen LogP contribution is 2.19. The molecular formula is C27H26FN3O3. The number of para-hydroxylation sites is 1. The number of aromatic nitrogens is 1. The van der Waals surface area contributed by atoms with Gasteiger partial charge in [-0.3, -0.25) is 4.79 Å². The van der Waals surface area contributed by atoms with Crippen LogP contribution in [0.1, 0.15) is 16.7 Å². The molecule has 7 heteroatoms. The Hall–Kier alpha value is -4.13. The number of alkyl carbamates (subject to hydrolysis) is 1. The molecule has 0 spiro atoms. The van der Waals surface area contributed by atoms with Crippen molar-refractivity contribution in [1.29, 1.82) is 0 Å². The fourth-order valence-corrected chi connectivity index (χ4v) is 3.78. The number of rotatable bonds is 9.